The molecule has 0 aliphatic heterocycles. The molecule has 0 aromatic heterocycles. The Bertz CT molecular complexity index is 670. The molecule has 22 heavy (non-hydrogen) atoms. The molecule has 0 heterocycles. The van der Waals surface area contributed by atoms with Crippen LogP contribution >= 0.6 is 11.6 Å². The first kappa shape index (κ1) is 15.8. The Labute approximate surface area is 142 Å². The van der Waals surface area contributed by atoms with Gasteiger partial charge in [-0.1, -0.05) is 61.2 Å². The van der Waals surface area contributed by atoms with Gasteiger partial charge in [0.1, 0.15) is 0 Å². The molecular weight excluding hydrogens is 304 g/mol. The smallest absolute Gasteiger partial charge is 0.0426 e. The quantitative estimate of drug-likeness (QED) is 0.703. The van der Waals surface area contributed by atoms with Crippen LogP contribution in [0.5, 0.6) is 0 Å². The third-order valence-corrected chi connectivity index (χ3v) is 7.18. The Balaban J connectivity index is 2.21. The average Bonchev–Trinajstić information content (AvgIpc) is 2.55. The molecule has 0 nitrogen and oxygen atoms in total. The van der Waals surface area contributed by atoms with Gasteiger partial charge in [-0.25, -0.2) is 0 Å². The van der Waals surface area contributed by atoms with Crippen LogP contribution in [0.15, 0.2) is 30.3 Å². The molecule has 0 amide bonds. The maximum atomic E-state index is 6.76. The van der Waals surface area contributed by atoms with Gasteiger partial charge in [0.2, 0.25) is 0 Å². The van der Waals surface area contributed by atoms with E-state index in [9.17, 15) is 0 Å². The molecule has 0 spiro atoms. The van der Waals surface area contributed by atoms with Gasteiger partial charge in [-0.15, -0.1) is 0 Å². The van der Waals surface area contributed by atoms with Gasteiger partial charge in [0.05, 0.1) is 0 Å². The van der Waals surface area contributed by atoms with Crippen LogP contribution in [0.3, 0.4) is 0 Å². The zero-order valence-electron chi connectivity index (χ0n) is 13.9. The number of halogens is 1. The minimum Gasteiger partial charge on any atom is -0.0842 e. The van der Waals surface area contributed by atoms with Crippen LogP contribution < -0.4 is 5.19 Å². The van der Waals surface area contributed by atoms with Gasteiger partial charge in [-0.3, -0.25) is 0 Å². The van der Waals surface area contributed by atoms with Crippen molar-refractivity contribution in [3.05, 3.63) is 52.0 Å². The van der Waals surface area contributed by atoms with Crippen molar-refractivity contribution in [1.29, 1.82) is 0 Å². The molecule has 1 saturated carbocycles. The van der Waals surface area contributed by atoms with E-state index in [1.807, 2.05) is 0 Å². The summed E-state index contributed by atoms with van der Waals surface area (Å²) >= 11 is 6.76. The highest BCUT2D eigenvalue weighted by Crippen LogP contribution is 2.40. The molecule has 3 rings (SSSR count). The molecular formula is C20H25ClSi. The van der Waals surface area contributed by atoms with E-state index in [4.69, 9.17) is 11.6 Å². The molecule has 0 unspecified atom stereocenters. The van der Waals surface area contributed by atoms with E-state index in [-0.39, 0.29) is 0 Å². The average molecular weight is 329 g/mol. The molecule has 1 aliphatic rings. The first-order valence-electron chi connectivity index (χ1n) is 8.45. The van der Waals surface area contributed by atoms with E-state index < -0.39 is 0 Å². The van der Waals surface area contributed by atoms with Crippen LogP contribution in [0, 0.1) is 13.8 Å². The molecule has 1 fully saturated rings. The van der Waals surface area contributed by atoms with Crippen LogP contribution in [-0.2, 0) is 0 Å². The minimum absolute atomic E-state index is 0.705. The molecule has 2 heteroatoms. The van der Waals surface area contributed by atoms with Crippen molar-refractivity contribution in [3.8, 4) is 11.1 Å². The summed E-state index contributed by atoms with van der Waals surface area (Å²) in [6.07, 6.45) is 6.78. The maximum absolute atomic E-state index is 6.76. The first-order chi connectivity index (χ1) is 10.6. The second-order valence-corrected chi connectivity index (χ2v) is 8.06. The van der Waals surface area contributed by atoms with Gasteiger partial charge in [0.25, 0.3) is 0 Å². The molecule has 1 aliphatic carbocycles. The third kappa shape index (κ3) is 2.77. The predicted octanol–water partition coefficient (Wildman–Crippen LogP) is 4.66. The lowest BCUT2D eigenvalue weighted by Crippen LogP contribution is -2.18. The van der Waals surface area contributed by atoms with Gasteiger partial charge >= 0.3 is 0 Å². The standard InChI is InChI=1S/C20H25ClSi/c1-13-17(15-9-5-3-6-10-15)14(2)19(21)20(22)18(13)16-11-7-4-8-12-16/h4,7-8,11-12,15H,3,5-6,9-10H2,1-2,22H3. The maximum Gasteiger partial charge on any atom is 0.0426 e. The molecule has 0 radical (unpaired) electrons. The Morgan fingerprint density at radius 3 is 2.23 bits per heavy atom. The highest BCUT2D eigenvalue weighted by atomic mass is 35.5. The number of hydrogen-bond acceptors (Lipinski definition) is 0. The van der Waals surface area contributed by atoms with Crippen molar-refractivity contribution in [2.45, 2.75) is 51.9 Å². The SMILES string of the molecule is Cc1c(Cl)c([SiH3])c(-c2ccccc2)c(C)c1C1CCCCC1. The Kier molecular flexibility index (Phi) is 4.75. The van der Waals surface area contributed by atoms with Crippen LogP contribution in [-0.4, -0.2) is 10.2 Å². The summed E-state index contributed by atoms with van der Waals surface area (Å²) in [7, 11) is 0.990. The molecule has 116 valence electrons. The lowest BCUT2D eigenvalue weighted by molar-refractivity contribution is 0.441. The lowest BCUT2D eigenvalue weighted by atomic mass is 9.78. The normalized spacial score (nSPS) is 16.1. The summed E-state index contributed by atoms with van der Waals surface area (Å²) in [5.74, 6) is 0.705. The van der Waals surface area contributed by atoms with Crippen molar-refractivity contribution in [2.24, 2.45) is 0 Å². The topological polar surface area (TPSA) is 0 Å². The summed E-state index contributed by atoms with van der Waals surface area (Å²) in [6.45, 7) is 4.55. The summed E-state index contributed by atoms with van der Waals surface area (Å²) in [5, 5.41) is 2.39. The van der Waals surface area contributed by atoms with E-state index in [1.165, 1.54) is 59.5 Å². The van der Waals surface area contributed by atoms with E-state index in [0.29, 0.717) is 5.92 Å². The Morgan fingerprint density at radius 2 is 1.59 bits per heavy atom. The third-order valence-electron chi connectivity index (χ3n) is 5.29. The van der Waals surface area contributed by atoms with Crippen molar-refractivity contribution in [1.82, 2.24) is 0 Å². The summed E-state index contributed by atoms with van der Waals surface area (Å²) in [6, 6.07) is 10.8. The van der Waals surface area contributed by atoms with Crippen LogP contribution in [0.4, 0.5) is 0 Å². The zero-order valence-corrected chi connectivity index (χ0v) is 16.6. The van der Waals surface area contributed by atoms with E-state index in [0.717, 1.165) is 15.3 Å². The van der Waals surface area contributed by atoms with E-state index in [1.54, 1.807) is 5.56 Å². The first-order valence-corrected chi connectivity index (χ1v) is 9.83. The van der Waals surface area contributed by atoms with Gasteiger partial charge in [0.15, 0.2) is 0 Å². The highest BCUT2D eigenvalue weighted by molar-refractivity contribution is 6.48. The minimum atomic E-state index is 0.705. The zero-order chi connectivity index (χ0) is 15.7. The van der Waals surface area contributed by atoms with E-state index >= 15 is 0 Å². The number of hydrogen-bond donors (Lipinski definition) is 0. The highest BCUT2D eigenvalue weighted by Gasteiger charge is 2.24. The molecule has 0 N–H and O–H groups in total. The molecule has 0 saturated heterocycles. The number of benzene rings is 2. The summed E-state index contributed by atoms with van der Waals surface area (Å²) in [4.78, 5) is 0. The molecule has 2 aromatic rings. The second kappa shape index (κ2) is 6.60. The van der Waals surface area contributed by atoms with Gasteiger partial charge in [-0.05, 0) is 65.6 Å². The largest absolute Gasteiger partial charge is 0.0842 e. The Hall–Kier alpha value is -1.05. The van der Waals surface area contributed by atoms with Crippen LogP contribution in [0.2, 0.25) is 5.02 Å². The number of rotatable bonds is 2. The van der Waals surface area contributed by atoms with Crippen molar-refractivity contribution < 1.29 is 0 Å². The molecule has 2 aromatic carbocycles. The molecule has 0 bridgehead atoms. The van der Waals surface area contributed by atoms with Crippen molar-refractivity contribution in [2.75, 3.05) is 0 Å². The van der Waals surface area contributed by atoms with E-state index in [2.05, 4.69) is 44.2 Å². The van der Waals surface area contributed by atoms with Gasteiger partial charge < -0.3 is 0 Å². The molecule has 0 atom stereocenters. The second-order valence-electron chi connectivity index (χ2n) is 6.68. The predicted molar refractivity (Wildman–Crippen MR) is 102 cm³/mol. The van der Waals surface area contributed by atoms with Crippen molar-refractivity contribution in [3.63, 3.8) is 0 Å². The summed E-state index contributed by atoms with van der Waals surface area (Å²) in [5.41, 5.74) is 7.09. The monoisotopic (exact) mass is 328 g/mol. The van der Waals surface area contributed by atoms with Gasteiger partial charge in [-0.2, -0.15) is 0 Å². The fourth-order valence-electron chi connectivity index (χ4n) is 4.25. The van der Waals surface area contributed by atoms with Gasteiger partial charge in [0, 0.05) is 15.3 Å². The van der Waals surface area contributed by atoms with Crippen LogP contribution in [0.1, 0.15) is 54.7 Å². The fourth-order valence-corrected chi connectivity index (χ4v) is 5.48. The van der Waals surface area contributed by atoms with Crippen LogP contribution in [0.25, 0.3) is 11.1 Å². The fraction of sp³-hybridized carbons (Fsp3) is 0.400. The lowest BCUT2D eigenvalue weighted by Gasteiger charge is -2.28. The summed E-state index contributed by atoms with van der Waals surface area (Å²) < 4.78 is 0. The Morgan fingerprint density at radius 1 is 0.955 bits per heavy atom. The van der Waals surface area contributed by atoms with Crippen molar-refractivity contribution >= 4 is 27.0 Å².